The maximum atomic E-state index is 12.2. The Morgan fingerprint density at radius 3 is 2.50 bits per heavy atom. The minimum Gasteiger partial charge on any atom is -0.331 e. The van der Waals surface area contributed by atoms with Crippen LogP contribution in [0.3, 0.4) is 0 Å². The Morgan fingerprint density at radius 1 is 1.44 bits per heavy atom. The molecule has 1 rings (SSSR count). The monoisotopic (exact) mass is 238 g/mol. The van der Waals surface area contributed by atoms with Gasteiger partial charge in [0.05, 0.1) is 0 Å². The van der Waals surface area contributed by atoms with Gasteiger partial charge in [0.1, 0.15) is 6.54 Å². The van der Waals surface area contributed by atoms with Gasteiger partial charge in [-0.15, -0.1) is 0 Å². The van der Waals surface area contributed by atoms with Gasteiger partial charge in [0.15, 0.2) is 0 Å². The average molecular weight is 238 g/mol. The van der Waals surface area contributed by atoms with E-state index in [-0.39, 0.29) is 12.5 Å². The molecule has 1 saturated carbocycles. The molecule has 0 atom stereocenters. The van der Waals surface area contributed by atoms with Crippen LogP contribution in [0.5, 0.6) is 0 Å². The Bertz CT molecular complexity index is 239. The van der Waals surface area contributed by atoms with E-state index in [0.29, 0.717) is 19.4 Å². The number of carbonyl (C=O) groups excluding carboxylic acids is 1. The lowest BCUT2D eigenvalue weighted by atomic mass is 10.3. The molecule has 0 aromatic rings. The third-order valence-electron chi connectivity index (χ3n) is 2.42. The molecule has 0 bridgehead atoms. The van der Waals surface area contributed by atoms with Crippen LogP contribution in [0.25, 0.3) is 0 Å². The number of hydrogen-bond donors (Lipinski definition) is 1. The van der Waals surface area contributed by atoms with E-state index in [4.69, 9.17) is 0 Å². The van der Waals surface area contributed by atoms with Crippen molar-refractivity contribution in [2.24, 2.45) is 0 Å². The SMILES string of the molecule is CCNCCC(=O)N(CC(F)(F)F)C1CC1. The van der Waals surface area contributed by atoms with Crippen molar-refractivity contribution in [1.82, 2.24) is 10.2 Å². The van der Waals surface area contributed by atoms with Gasteiger partial charge in [0, 0.05) is 19.0 Å². The lowest BCUT2D eigenvalue weighted by molar-refractivity contribution is -0.162. The number of rotatable bonds is 6. The number of nitrogens with one attached hydrogen (secondary N) is 1. The van der Waals surface area contributed by atoms with Crippen molar-refractivity contribution >= 4 is 5.91 Å². The van der Waals surface area contributed by atoms with E-state index in [1.807, 2.05) is 6.92 Å². The summed E-state index contributed by atoms with van der Waals surface area (Å²) < 4.78 is 36.7. The molecule has 6 heteroatoms. The van der Waals surface area contributed by atoms with Crippen LogP contribution in [0.1, 0.15) is 26.2 Å². The summed E-state index contributed by atoms with van der Waals surface area (Å²) in [4.78, 5) is 12.5. The second-order valence-electron chi connectivity index (χ2n) is 3.97. The summed E-state index contributed by atoms with van der Waals surface area (Å²) >= 11 is 0. The fraction of sp³-hybridized carbons (Fsp3) is 0.900. The molecule has 1 aliphatic carbocycles. The van der Waals surface area contributed by atoms with E-state index in [1.165, 1.54) is 0 Å². The van der Waals surface area contributed by atoms with Crippen LogP contribution in [0.4, 0.5) is 13.2 Å². The Morgan fingerprint density at radius 2 is 2.06 bits per heavy atom. The van der Waals surface area contributed by atoms with Crippen LogP contribution >= 0.6 is 0 Å². The standard InChI is InChI=1S/C10H17F3N2O/c1-2-14-6-5-9(16)15(8-3-4-8)7-10(11,12)13/h8,14H,2-7H2,1H3. The van der Waals surface area contributed by atoms with Gasteiger partial charge in [0.25, 0.3) is 0 Å². The Balaban J connectivity index is 2.40. The molecule has 3 nitrogen and oxygen atoms in total. The zero-order chi connectivity index (χ0) is 12.2. The molecule has 0 spiro atoms. The Labute approximate surface area is 93.0 Å². The first kappa shape index (κ1) is 13.3. The van der Waals surface area contributed by atoms with Crippen molar-refractivity contribution in [2.75, 3.05) is 19.6 Å². The summed E-state index contributed by atoms with van der Waals surface area (Å²) in [5.41, 5.74) is 0. The zero-order valence-electron chi connectivity index (χ0n) is 9.31. The molecule has 94 valence electrons. The number of nitrogens with zero attached hydrogens (tertiary/aromatic N) is 1. The smallest absolute Gasteiger partial charge is 0.331 e. The van der Waals surface area contributed by atoms with Crippen molar-refractivity contribution in [3.8, 4) is 0 Å². The zero-order valence-corrected chi connectivity index (χ0v) is 9.31. The lowest BCUT2D eigenvalue weighted by Gasteiger charge is -2.23. The molecule has 0 unspecified atom stereocenters. The topological polar surface area (TPSA) is 32.3 Å². The molecule has 0 aromatic carbocycles. The molecule has 1 amide bonds. The molecule has 1 fully saturated rings. The number of halogens is 3. The summed E-state index contributed by atoms with van der Waals surface area (Å²) in [5.74, 6) is -0.402. The first-order valence-corrected chi connectivity index (χ1v) is 5.51. The second kappa shape index (κ2) is 5.52. The summed E-state index contributed by atoms with van der Waals surface area (Å²) in [6.45, 7) is 1.94. The molecular weight excluding hydrogens is 221 g/mol. The summed E-state index contributed by atoms with van der Waals surface area (Å²) in [6, 6.07) is -0.184. The molecule has 0 aromatic heterocycles. The predicted octanol–water partition coefficient (Wildman–Crippen LogP) is 1.54. The number of hydrogen-bond acceptors (Lipinski definition) is 2. The van der Waals surface area contributed by atoms with Crippen molar-refractivity contribution in [3.63, 3.8) is 0 Å². The highest BCUT2D eigenvalue weighted by atomic mass is 19.4. The Hall–Kier alpha value is -0.780. The normalized spacial score (nSPS) is 16.2. The van der Waals surface area contributed by atoms with Crippen molar-refractivity contribution < 1.29 is 18.0 Å². The fourth-order valence-electron chi connectivity index (χ4n) is 1.52. The number of alkyl halides is 3. The highest BCUT2D eigenvalue weighted by molar-refractivity contribution is 5.77. The molecule has 0 saturated heterocycles. The van der Waals surface area contributed by atoms with Gasteiger partial charge >= 0.3 is 6.18 Å². The van der Waals surface area contributed by atoms with Crippen LogP contribution in [0.15, 0.2) is 0 Å². The van der Waals surface area contributed by atoms with Gasteiger partial charge in [-0.3, -0.25) is 4.79 Å². The van der Waals surface area contributed by atoms with E-state index in [2.05, 4.69) is 5.32 Å². The van der Waals surface area contributed by atoms with E-state index in [0.717, 1.165) is 11.4 Å². The molecule has 1 N–H and O–H groups in total. The molecule has 1 aliphatic rings. The maximum Gasteiger partial charge on any atom is 0.406 e. The number of carbonyl (C=O) groups is 1. The first-order valence-electron chi connectivity index (χ1n) is 5.51. The van der Waals surface area contributed by atoms with Crippen molar-refractivity contribution in [2.45, 2.75) is 38.4 Å². The van der Waals surface area contributed by atoms with Crippen LogP contribution < -0.4 is 5.32 Å². The van der Waals surface area contributed by atoms with Crippen LogP contribution in [0, 0.1) is 0 Å². The maximum absolute atomic E-state index is 12.2. The molecule has 0 radical (unpaired) electrons. The van der Waals surface area contributed by atoms with Gasteiger partial charge in [-0.25, -0.2) is 0 Å². The summed E-state index contributed by atoms with van der Waals surface area (Å²) in [7, 11) is 0. The van der Waals surface area contributed by atoms with Gasteiger partial charge < -0.3 is 10.2 Å². The van der Waals surface area contributed by atoms with Crippen molar-refractivity contribution in [3.05, 3.63) is 0 Å². The van der Waals surface area contributed by atoms with Crippen LogP contribution in [0.2, 0.25) is 0 Å². The average Bonchev–Trinajstić information content (AvgIpc) is 2.96. The molecule has 0 aliphatic heterocycles. The molecule has 16 heavy (non-hydrogen) atoms. The number of amides is 1. The second-order valence-corrected chi connectivity index (χ2v) is 3.97. The minimum absolute atomic E-state index is 0.139. The van der Waals surface area contributed by atoms with E-state index >= 15 is 0 Å². The van der Waals surface area contributed by atoms with Crippen LogP contribution in [-0.2, 0) is 4.79 Å². The largest absolute Gasteiger partial charge is 0.406 e. The quantitative estimate of drug-likeness (QED) is 0.712. The highest BCUT2D eigenvalue weighted by Gasteiger charge is 2.40. The van der Waals surface area contributed by atoms with E-state index in [1.54, 1.807) is 0 Å². The van der Waals surface area contributed by atoms with Gasteiger partial charge in [-0.1, -0.05) is 6.92 Å². The van der Waals surface area contributed by atoms with Gasteiger partial charge in [-0.05, 0) is 19.4 Å². The van der Waals surface area contributed by atoms with E-state index in [9.17, 15) is 18.0 Å². The van der Waals surface area contributed by atoms with Gasteiger partial charge in [-0.2, -0.15) is 13.2 Å². The van der Waals surface area contributed by atoms with Crippen molar-refractivity contribution in [1.29, 1.82) is 0 Å². The first-order chi connectivity index (χ1) is 7.44. The van der Waals surface area contributed by atoms with Gasteiger partial charge in [0.2, 0.25) is 5.91 Å². The Kier molecular flexibility index (Phi) is 4.58. The highest BCUT2D eigenvalue weighted by Crippen LogP contribution is 2.30. The lowest BCUT2D eigenvalue weighted by Crippen LogP contribution is -2.41. The van der Waals surface area contributed by atoms with E-state index < -0.39 is 18.6 Å². The third kappa shape index (κ3) is 4.83. The summed E-state index contributed by atoms with van der Waals surface area (Å²) in [6.07, 6.45) is -2.76. The third-order valence-corrected chi connectivity index (χ3v) is 2.42. The predicted molar refractivity (Wildman–Crippen MR) is 54.0 cm³/mol. The van der Waals surface area contributed by atoms with Crippen LogP contribution in [-0.4, -0.2) is 42.7 Å². The molecular formula is C10H17F3N2O. The molecule has 0 heterocycles. The minimum atomic E-state index is -4.30. The fourth-order valence-corrected chi connectivity index (χ4v) is 1.52. The summed E-state index contributed by atoms with van der Waals surface area (Å²) in [5, 5.41) is 2.93.